The minimum Gasteiger partial charge on any atom is -0.317 e. The normalized spacial score (nSPS) is 9.67. The van der Waals surface area contributed by atoms with Crippen molar-refractivity contribution in [2.45, 2.75) is 13.8 Å². The summed E-state index contributed by atoms with van der Waals surface area (Å²) in [5.41, 5.74) is 3.01. The lowest BCUT2D eigenvalue weighted by molar-refractivity contribution is 0.222. The SMILES string of the molecule is C=CCN(CC=C)C(=O)Nc1cc(C)ccc1C. The zero-order valence-electron chi connectivity index (χ0n) is 11.1. The van der Waals surface area contributed by atoms with E-state index in [2.05, 4.69) is 18.5 Å². The number of urea groups is 1. The van der Waals surface area contributed by atoms with Gasteiger partial charge in [-0.1, -0.05) is 24.3 Å². The number of carbonyl (C=O) groups is 1. The van der Waals surface area contributed by atoms with Crippen LogP contribution in [0.15, 0.2) is 43.5 Å². The van der Waals surface area contributed by atoms with Crippen LogP contribution < -0.4 is 5.32 Å². The van der Waals surface area contributed by atoms with E-state index in [1.807, 2.05) is 32.0 Å². The number of rotatable bonds is 5. The molecule has 1 rings (SSSR count). The molecule has 0 radical (unpaired) electrons. The molecule has 0 aliphatic heterocycles. The first-order chi connectivity index (χ1) is 8.58. The Morgan fingerprint density at radius 3 is 2.44 bits per heavy atom. The molecule has 3 heteroatoms. The van der Waals surface area contributed by atoms with Crippen molar-refractivity contribution in [3.8, 4) is 0 Å². The van der Waals surface area contributed by atoms with Crippen molar-refractivity contribution in [2.24, 2.45) is 0 Å². The molecule has 0 fully saturated rings. The van der Waals surface area contributed by atoms with E-state index in [1.54, 1.807) is 17.1 Å². The van der Waals surface area contributed by atoms with E-state index in [9.17, 15) is 4.79 Å². The van der Waals surface area contributed by atoms with Crippen LogP contribution >= 0.6 is 0 Å². The van der Waals surface area contributed by atoms with E-state index in [0.29, 0.717) is 13.1 Å². The van der Waals surface area contributed by atoms with E-state index >= 15 is 0 Å². The monoisotopic (exact) mass is 244 g/mol. The number of anilines is 1. The molecule has 0 unspecified atom stereocenters. The van der Waals surface area contributed by atoms with E-state index in [0.717, 1.165) is 16.8 Å². The van der Waals surface area contributed by atoms with Crippen molar-refractivity contribution in [2.75, 3.05) is 18.4 Å². The van der Waals surface area contributed by atoms with Crippen LogP contribution in [0.2, 0.25) is 0 Å². The summed E-state index contributed by atoms with van der Waals surface area (Å²) in [5.74, 6) is 0. The smallest absolute Gasteiger partial charge is 0.317 e. The molecular weight excluding hydrogens is 224 g/mol. The quantitative estimate of drug-likeness (QED) is 0.790. The zero-order chi connectivity index (χ0) is 13.5. The van der Waals surface area contributed by atoms with Crippen LogP contribution in [0.4, 0.5) is 10.5 Å². The number of hydrogen-bond acceptors (Lipinski definition) is 1. The summed E-state index contributed by atoms with van der Waals surface area (Å²) >= 11 is 0. The maximum Gasteiger partial charge on any atom is 0.322 e. The maximum absolute atomic E-state index is 12.1. The number of nitrogens with one attached hydrogen (secondary N) is 1. The lowest BCUT2D eigenvalue weighted by Gasteiger charge is -2.20. The van der Waals surface area contributed by atoms with Gasteiger partial charge < -0.3 is 10.2 Å². The van der Waals surface area contributed by atoms with E-state index in [1.165, 1.54) is 0 Å². The standard InChI is InChI=1S/C15H20N2O/c1-5-9-17(10-6-2)15(18)16-14-11-12(3)7-8-13(14)4/h5-8,11H,1-2,9-10H2,3-4H3,(H,16,18). The topological polar surface area (TPSA) is 32.3 Å². The van der Waals surface area contributed by atoms with Crippen LogP contribution in [0.3, 0.4) is 0 Å². The van der Waals surface area contributed by atoms with Gasteiger partial charge in [-0.2, -0.15) is 0 Å². The van der Waals surface area contributed by atoms with Crippen molar-refractivity contribution in [1.29, 1.82) is 0 Å². The van der Waals surface area contributed by atoms with E-state index < -0.39 is 0 Å². The summed E-state index contributed by atoms with van der Waals surface area (Å²) in [6.07, 6.45) is 3.40. The first-order valence-electron chi connectivity index (χ1n) is 5.93. The predicted molar refractivity (Wildman–Crippen MR) is 76.9 cm³/mol. The Balaban J connectivity index is 2.81. The van der Waals surface area contributed by atoms with Crippen LogP contribution in [-0.4, -0.2) is 24.0 Å². The lowest BCUT2D eigenvalue weighted by atomic mass is 10.1. The number of aryl methyl sites for hydroxylation is 2. The molecule has 0 aliphatic carbocycles. The minimum absolute atomic E-state index is 0.136. The fourth-order valence-corrected chi connectivity index (χ4v) is 1.62. The highest BCUT2D eigenvalue weighted by molar-refractivity contribution is 5.90. The molecule has 18 heavy (non-hydrogen) atoms. The molecule has 0 bridgehead atoms. The van der Waals surface area contributed by atoms with Gasteiger partial charge in [-0.3, -0.25) is 0 Å². The number of hydrogen-bond donors (Lipinski definition) is 1. The first-order valence-corrected chi connectivity index (χ1v) is 5.93. The van der Waals surface area contributed by atoms with Gasteiger partial charge in [0.2, 0.25) is 0 Å². The van der Waals surface area contributed by atoms with Crippen molar-refractivity contribution < 1.29 is 4.79 Å². The maximum atomic E-state index is 12.1. The molecule has 0 saturated heterocycles. The third-order valence-corrected chi connectivity index (χ3v) is 2.62. The highest BCUT2D eigenvalue weighted by atomic mass is 16.2. The Morgan fingerprint density at radius 2 is 1.89 bits per heavy atom. The molecule has 2 amide bonds. The number of benzene rings is 1. The second-order valence-corrected chi connectivity index (χ2v) is 4.23. The summed E-state index contributed by atoms with van der Waals surface area (Å²) in [6, 6.07) is 5.85. The summed E-state index contributed by atoms with van der Waals surface area (Å²) in [6.45, 7) is 12.3. The van der Waals surface area contributed by atoms with E-state index in [4.69, 9.17) is 0 Å². The Bertz CT molecular complexity index is 442. The molecule has 0 heterocycles. The third-order valence-electron chi connectivity index (χ3n) is 2.62. The van der Waals surface area contributed by atoms with Gasteiger partial charge in [-0.05, 0) is 31.0 Å². The van der Waals surface area contributed by atoms with Crippen molar-refractivity contribution in [3.63, 3.8) is 0 Å². The molecule has 1 N–H and O–H groups in total. The molecule has 1 aromatic carbocycles. The summed E-state index contributed by atoms with van der Waals surface area (Å²) in [5, 5.41) is 2.91. The highest BCUT2D eigenvalue weighted by Gasteiger charge is 2.11. The van der Waals surface area contributed by atoms with Gasteiger partial charge in [0, 0.05) is 18.8 Å². The van der Waals surface area contributed by atoms with Crippen molar-refractivity contribution in [3.05, 3.63) is 54.6 Å². The number of nitrogens with zero attached hydrogens (tertiary/aromatic N) is 1. The first kappa shape index (κ1) is 14.0. The van der Waals surface area contributed by atoms with Gasteiger partial charge in [-0.25, -0.2) is 4.79 Å². The highest BCUT2D eigenvalue weighted by Crippen LogP contribution is 2.16. The average molecular weight is 244 g/mol. The number of amides is 2. The molecule has 0 spiro atoms. The second kappa shape index (κ2) is 6.64. The minimum atomic E-state index is -0.136. The van der Waals surface area contributed by atoms with Gasteiger partial charge in [-0.15, -0.1) is 13.2 Å². The van der Waals surface area contributed by atoms with Crippen LogP contribution in [-0.2, 0) is 0 Å². The molecule has 0 atom stereocenters. The number of carbonyl (C=O) groups excluding carboxylic acids is 1. The lowest BCUT2D eigenvalue weighted by Crippen LogP contribution is -2.35. The van der Waals surface area contributed by atoms with Crippen LogP contribution in [0.1, 0.15) is 11.1 Å². The van der Waals surface area contributed by atoms with Gasteiger partial charge in [0.05, 0.1) is 0 Å². The third kappa shape index (κ3) is 3.77. The largest absolute Gasteiger partial charge is 0.322 e. The molecule has 1 aromatic rings. The van der Waals surface area contributed by atoms with Gasteiger partial charge in [0.1, 0.15) is 0 Å². The van der Waals surface area contributed by atoms with Gasteiger partial charge in [0.15, 0.2) is 0 Å². The predicted octanol–water partition coefficient (Wildman–Crippen LogP) is 3.51. The molecule has 0 aromatic heterocycles. The Kier molecular flexibility index (Phi) is 5.18. The van der Waals surface area contributed by atoms with Crippen LogP contribution in [0.25, 0.3) is 0 Å². The Labute approximate surface area is 109 Å². The molecule has 0 aliphatic rings. The van der Waals surface area contributed by atoms with Crippen LogP contribution in [0.5, 0.6) is 0 Å². The van der Waals surface area contributed by atoms with Crippen molar-refractivity contribution in [1.82, 2.24) is 4.90 Å². The zero-order valence-corrected chi connectivity index (χ0v) is 11.1. The summed E-state index contributed by atoms with van der Waals surface area (Å²) in [7, 11) is 0. The van der Waals surface area contributed by atoms with Gasteiger partial charge >= 0.3 is 6.03 Å². The Morgan fingerprint density at radius 1 is 1.28 bits per heavy atom. The molecule has 96 valence electrons. The van der Waals surface area contributed by atoms with Crippen molar-refractivity contribution >= 4 is 11.7 Å². The molecule has 0 saturated carbocycles. The Hall–Kier alpha value is -2.03. The molecule has 3 nitrogen and oxygen atoms in total. The fourth-order valence-electron chi connectivity index (χ4n) is 1.62. The fraction of sp³-hybridized carbons (Fsp3) is 0.267. The van der Waals surface area contributed by atoms with Gasteiger partial charge in [0.25, 0.3) is 0 Å². The van der Waals surface area contributed by atoms with Crippen LogP contribution in [0, 0.1) is 13.8 Å². The summed E-state index contributed by atoms with van der Waals surface area (Å²) < 4.78 is 0. The average Bonchev–Trinajstić information content (AvgIpc) is 2.33. The summed E-state index contributed by atoms with van der Waals surface area (Å²) in [4.78, 5) is 13.7. The molecular formula is C15H20N2O. The second-order valence-electron chi connectivity index (χ2n) is 4.23. The van der Waals surface area contributed by atoms with E-state index in [-0.39, 0.29) is 6.03 Å².